The highest BCUT2D eigenvalue weighted by Crippen LogP contribution is 2.18. The first-order valence-corrected chi connectivity index (χ1v) is 7.18. The van der Waals surface area contributed by atoms with Gasteiger partial charge in [0.2, 0.25) is 0 Å². The third kappa shape index (κ3) is 2.31. The Bertz CT molecular complexity index is 630. The molecule has 0 aromatic carbocycles. The molecule has 3 aromatic rings. The van der Waals surface area contributed by atoms with Crippen LogP contribution in [-0.4, -0.2) is 14.4 Å². The topological polar surface area (TPSA) is 56.2 Å². The van der Waals surface area contributed by atoms with Gasteiger partial charge in [-0.2, -0.15) is 0 Å². The Morgan fingerprint density at radius 1 is 1.44 bits per heavy atom. The zero-order chi connectivity index (χ0) is 12.5. The quantitative estimate of drug-likeness (QED) is 0.806. The number of rotatable bonds is 3. The predicted molar refractivity (Wildman–Crippen MR) is 75.6 cm³/mol. The summed E-state index contributed by atoms with van der Waals surface area (Å²) in [6.45, 7) is 0. The Labute approximate surface area is 117 Å². The fourth-order valence-corrected chi connectivity index (χ4v) is 2.76. The summed E-state index contributed by atoms with van der Waals surface area (Å²) in [5.41, 5.74) is 8.03. The van der Waals surface area contributed by atoms with E-state index in [2.05, 4.69) is 25.9 Å². The van der Waals surface area contributed by atoms with Crippen LogP contribution in [0, 0.1) is 0 Å². The van der Waals surface area contributed by atoms with Gasteiger partial charge in [0.05, 0.1) is 17.4 Å². The SMILES string of the molecule is NC(Cc1cn2ccsc2n1)c1ccc(Br)cn1. The molecule has 0 fully saturated rings. The van der Waals surface area contributed by atoms with Crippen molar-refractivity contribution in [2.24, 2.45) is 5.73 Å². The summed E-state index contributed by atoms with van der Waals surface area (Å²) in [5, 5.41) is 2.02. The van der Waals surface area contributed by atoms with Crippen molar-refractivity contribution in [1.82, 2.24) is 14.4 Å². The molecule has 4 nitrogen and oxygen atoms in total. The molecule has 3 heterocycles. The van der Waals surface area contributed by atoms with E-state index < -0.39 is 0 Å². The first-order chi connectivity index (χ1) is 8.72. The molecule has 0 amide bonds. The summed E-state index contributed by atoms with van der Waals surface area (Å²) < 4.78 is 2.97. The van der Waals surface area contributed by atoms with E-state index in [9.17, 15) is 0 Å². The fraction of sp³-hybridized carbons (Fsp3) is 0.167. The summed E-state index contributed by atoms with van der Waals surface area (Å²) in [6.07, 6.45) is 6.48. The molecule has 0 aliphatic rings. The van der Waals surface area contributed by atoms with Gasteiger partial charge in [0.15, 0.2) is 4.96 Å². The summed E-state index contributed by atoms with van der Waals surface area (Å²) in [4.78, 5) is 9.83. The van der Waals surface area contributed by atoms with Crippen molar-refractivity contribution in [3.63, 3.8) is 0 Å². The van der Waals surface area contributed by atoms with Crippen LogP contribution in [0.4, 0.5) is 0 Å². The average Bonchev–Trinajstić information content (AvgIpc) is 2.90. The Morgan fingerprint density at radius 3 is 3.06 bits per heavy atom. The van der Waals surface area contributed by atoms with E-state index in [0.29, 0.717) is 6.42 Å². The normalized spacial score (nSPS) is 13.0. The molecular formula is C12H11BrN4S. The van der Waals surface area contributed by atoms with Crippen molar-refractivity contribution in [2.75, 3.05) is 0 Å². The van der Waals surface area contributed by atoms with Gasteiger partial charge in [-0.05, 0) is 28.1 Å². The minimum atomic E-state index is -0.122. The van der Waals surface area contributed by atoms with Crippen LogP contribution in [-0.2, 0) is 6.42 Å². The molecule has 6 heteroatoms. The number of nitrogens with zero attached hydrogens (tertiary/aromatic N) is 3. The summed E-state index contributed by atoms with van der Waals surface area (Å²) >= 11 is 4.98. The third-order valence-corrected chi connectivity index (χ3v) is 3.94. The van der Waals surface area contributed by atoms with Crippen LogP contribution in [0.2, 0.25) is 0 Å². The van der Waals surface area contributed by atoms with Crippen LogP contribution in [0.5, 0.6) is 0 Å². The number of pyridine rings is 1. The second kappa shape index (κ2) is 4.79. The zero-order valence-electron chi connectivity index (χ0n) is 9.45. The van der Waals surface area contributed by atoms with Gasteiger partial charge in [-0.25, -0.2) is 4.98 Å². The maximum absolute atomic E-state index is 6.14. The lowest BCUT2D eigenvalue weighted by atomic mass is 10.1. The largest absolute Gasteiger partial charge is 0.322 e. The predicted octanol–water partition coefficient (Wildman–Crippen LogP) is 2.80. The minimum absolute atomic E-state index is 0.122. The molecule has 0 saturated carbocycles. The second-order valence-electron chi connectivity index (χ2n) is 4.04. The van der Waals surface area contributed by atoms with E-state index in [4.69, 9.17) is 5.73 Å². The first kappa shape index (κ1) is 11.8. The second-order valence-corrected chi connectivity index (χ2v) is 5.83. The smallest absolute Gasteiger partial charge is 0.193 e. The van der Waals surface area contributed by atoms with Gasteiger partial charge in [-0.15, -0.1) is 11.3 Å². The molecule has 1 atom stereocenters. The standard InChI is InChI=1S/C12H11BrN4S/c13-8-1-2-11(15-6-8)10(14)5-9-7-17-3-4-18-12(17)16-9/h1-4,6-7,10H,5,14H2. The Hall–Kier alpha value is -1.24. The van der Waals surface area contributed by atoms with Gasteiger partial charge in [0.25, 0.3) is 0 Å². The van der Waals surface area contributed by atoms with E-state index in [-0.39, 0.29) is 6.04 Å². The van der Waals surface area contributed by atoms with Crippen LogP contribution in [0.1, 0.15) is 17.4 Å². The first-order valence-electron chi connectivity index (χ1n) is 5.50. The lowest BCUT2D eigenvalue weighted by Crippen LogP contribution is -2.14. The lowest BCUT2D eigenvalue weighted by Gasteiger charge is -2.08. The highest BCUT2D eigenvalue weighted by molar-refractivity contribution is 9.10. The van der Waals surface area contributed by atoms with E-state index in [1.165, 1.54) is 0 Å². The van der Waals surface area contributed by atoms with E-state index >= 15 is 0 Å². The molecule has 2 N–H and O–H groups in total. The monoisotopic (exact) mass is 322 g/mol. The fourth-order valence-electron chi connectivity index (χ4n) is 1.81. The highest BCUT2D eigenvalue weighted by atomic mass is 79.9. The summed E-state index contributed by atoms with van der Waals surface area (Å²) in [5.74, 6) is 0. The van der Waals surface area contributed by atoms with Crippen LogP contribution in [0.3, 0.4) is 0 Å². The molecular weight excluding hydrogens is 312 g/mol. The molecule has 0 aliphatic carbocycles. The van der Waals surface area contributed by atoms with Crippen molar-refractivity contribution in [3.05, 3.63) is 52.0 Å². The zero-order valence-corrected chi connectivity index (χ0v) is 11.9. The highest BCUT2D eigenvalue weighted by Gasteiger charge is 2.11. The number of thiazole rings is 1. The van der Waals surface area contributed by atoms with Gasteiger partial charge in [0, 0.05) is 34.9 Å². The molecule has 0 saturated heterocycles. The Balaban J connectivity index is 1.79. The number of imidazole rings is 1. The summed E-state index contributed by atoms with van der Waals surface area (Å²) in [7, 11) is 0. The van der Waals surface area contributed by atoms with Crippen molar-refractivity contribution in [3.8, 4) is 0 Å². The number of halogens is 1. The van der Waals surface area contributed by atoms with Crippen LogP contribution in [0.25, 0.3) is 4.96 Å². The molecule has 0 bridgehead atoms. The molecule has 3 aromatic heterocycles. The Morgan fingerprint density at radius 2 is 2.33 bits per heavy atom. The van der Waals surface area contributed by atoms with Crippen molar-refractivity contribution >= 4 is 32.2 Å². The van der Waals surface area contributed by atoms with Gasteiger partial charge < -0.3 is 5.73 Å². The third-order valence-electron chi connectivity index (χ3n) is 2.70. The Kier molecular flexibility index (Phi) is 3.15. The number of hydrogen-bond donors (Lipinski definition) is 1. The molecule has 0 aliphatic heterocycles. The molecule has 3 rings (SSSR count). The van der Waals surface area contributed by atoms with Crippen LogP contribution >= 0.6 is 27.3 Å². The lowest BCUT2D eigenvalue weighted by molar-refractivity contribution is 0.686. The van der Waals surface area contributed by atoms with Crippen molar-refractivity contribution in [1.29, 1.82) is 0 Å². The van der Waals surface area contributed by atoms with Gasteiger partial charge in [-0.1, -0.05) is 0 Å². The average molecular weight is 323 g/mol. The van der Waals surface area contributed by atoms with Crippen molar-refractivity contribution in [2.45, 2.75) is 12.5 Å². The van der Waals surface area contributed by atoms with Crippen molar-refractivity contribution < 1.29 is 0 Å². The molecule has 18 heavy (non-hydrogen) atoms. The van der Waals surface area contributed by atoms with Gasteiger partial charge in [0.1, 0.15) is 0 Å². The molecule has 0 radical (unpaired) electrons. The molecule has 0 spiro atoms. The van der Waals surface area contributed by atoms with Crippen LogP contribution in [0.15, 0.2) is 40.6 Å². The summed E-state index contributed by atoms with van der Waals surface area (Å²) in [6, 6.07) is 3.77. The maximum Gasteiger partial charge on any atom is 0.193 e. The van der Waals surface area contributed by atoms with Crippen LogP contribution < -0.4 is 5.73 Å². The molecule has 1 unspecified atom stereocenters. The minimum Gasteiger partial charge on any atom is -0.322 e. The van der Waals surface area contributed by atoms with Gasteiger partial charge in [-0.3, -0.25) is 9.38 Å². The number of hydrogen-bond acceptors (Lipinski definition) is 4. The van der Waals surface area contributed by atoms with E-state index in [1.807, 2.05) is 34.3 Å². The van der Waals surface area contributed by atoms with E-state index in [1.54, 1.807) is 17.5 Å². The number of fused-ring (bicyclic) bond motifs is 1. The van der Waals surface area contributed by atoms with Gasteiger partial charge >= 0.3 is 0 Å². The number of nitrogens with two attached hydrogens (primary N) is 1. The number of aromatic nitrogens is 3. The van der Waals surface area contributed by atoms with E-state index in [0.717, 1.165) is 20.8 Å². The molecule has 92 valence electrons. The maximum atomic E-state index is 6.14.